The molecule has 1 amide bonds. The summed E-state index contributed by atoms with van der Waals surface area (Å²) in [6, 6.07) is 16.1. The molecule has 2 aliphatic rings. The molecular formula is C22H25ClN2O2. The van der Waals surface area contributed by atoms with Crippen LogP contribution < -0.4 is 10.1 Å². The van der Waals surface area contributed by atoms with Crippen molar-refractivity contribution in [2.24, 2.45) is 5.41 Å². The first-order valence-electron chi connectivity index (χ1n) is 9.56. The van der Waals surface area contributed by atoms with Gasteiger partial charge in [0, 0.05) is 30.1 Å². The van der Waals surface area contributed by atoms with E-state index in [2.05, 4.69) is 22.3 Å². The smallest absolute Gasteiger partial charge is 0.220 e. The predicted octanol–water partition coefficient (Wildman–Crippen LogP) is 4.02. The van der Waals surface area contributed by atoms with E-state index in [0.29, 0.717) is 13.0 Å². The molecule has 2 saturated heterocycles. The van der Waals surface area contributed by atoms with Crippen LogP contribution in [0.2, 0.25) is 5.02 Å². The van der Waals surface area contributed by atoms with E-state index in [1.807, 2.05) is 36.4 Å². The number of nitrogens with one attached hydrogen (secondary N) is 1. The molecule has 0 aromatic heterocycles. The van der Waals surface area contributed by atoms with Crippen molar-refractivity contribution < 1.29 is 9.53 Å². The molecule has 0 atom stereocenters. The van der Waals surface area contributed by atoms with Gasteiger partial charge >= 0.3 is 0 Å². The molecule has 0 unspecified atom stereocenters. The number of hydrogen-bond donors (Lipinski definition) is 1. The fraction of sp³-hybridized carbons (Fsp3) is 0.409. The Labute approximate surface area is 165 Å². The van der Waals surface area contributed by atoms with Gasteiger partial charge in [0.15, 0.2) is 0 Å². The minimum atomic E-state index is 0.202. The summed E-state index contributed by atoms with van der Waals surface area (Å²) in [4.78, 5) is 14.0. The van der Waals surface area contributed by atoms with Gasteiger partial charge < -0.3 is 10.1 Å². The lowest BCUT2D eigenvalue weighted by atomic mass is 9.77. The maximum absolute atomic E-state index is 11.6. The SMILES string of the molecule is O=C1CC2(CCN(Cc3cccc(OCc4ccccc4Cl)c3)CC2)CN1. The van der Waals surface area contributed by atoms with E-state index in [-0.39, 0.29) is 11.3 Å². The number of amides is 1. The fourth-order valence-corrected chi connectivity index (χ4v) is 4.25. The molecule has 2 aromatic carbocycles. The molecule has 0 aliphatic carbocycles. The number of likely N-dealkylation sites (tertiary alicyclic amines) is 1. The summed E-state index contributed by atoms with van der Waals surface area (Å²) in [5, 5.41) is 3.73. The Bertz CT molecular complexity index is 815. The Balaban J connectivity index is 1.32. The third kappa shape index (κ3) is 4.45. The first-order valence-corrected chi connectivity index (χ1v) is 9.94. The Hall–Kier alpha value is -2.04. The summed E-state index contributed by atoms with van der Waals surface area (Å²) in [5.41, 5.74) is 2.45. The van der Waals surface area contributed by atoms with Gasteiger partial charge in [0.25, 0.3) is 0 Å². The molecule has 0 radical (unpaired) electrons. The molecule has 1 N–H and O–H groups in total. The van der Waals surface area contributed by atoms with Crippen molar-refractivity contribution in [2.45, 2.75) is 32.4 Å². The zero-order chi connectivity index (χ0) is 18.7. The summed E-state index contributed by atoms with van der Waals surface area (Å²) in [7, 11) is 0. The predicted molar refractivity (Wildman–Crippen MR) is 107 cm³/mol. The minimum Gasteiger partial charge on any atom is -0.489 e. The lowest BCUT2D eigenvalue weighted by Gasteiger charge is -2.38. The summed E-state index contributed by atoms with van der Waals surface area (Å²) in [5.74, 6) is 1.08. The van der Waals surface area contributed by atoms with Crippen LogP contribution in [-0.4, -0.2) is 30.4 Å². The van der Waals surface area contributed by atoms with Crippen LogP contribution >= 0.6 is 11.6 Å². The third-order valence-corrected chi connectivity index (χ3v) is 6.14. The number of piperidine rings is 1. The first kappa shape index (κ1) is 18.3. The summed E-state index contributed by atoms with van der Waals surface area (Å²) in [6.45, 7) is 4.32. The highest BCUT2D eigenvalue weighted by Gasteiger charge is 2.40. The van der Waals surface area contributed by atoms with Gasteiger partial charge in [-0.2, -0.15) is 0 Å². The van der Waals surface area contributed by atoms with Crippen molar-refractivity contribution in [1.29, 1.82) is 0 Å². The monoisotopic (exact) mass is 384 g/mol. The van der Waals surface area contributed by atoms with Gasteiger partial charge in [-0.1, -0.05) is 41.9 Å². The largest absolute Gasteiger partial charge is 0.489 e. The van der Waals surface area contributed by atoms with E-state index >= 15 is 0 Å². The van der Waals surface area contributed by atoms with Crippen LogP contribution in [0, 0.1) is 5.41 Å². The standard InChI is InChI=1S/C22H25ClN2O2/c23-20-7-2-1-5-18(20)15-27-19-6-3-4-17(12-19)14-25-10-8-22(9-11-25)13-21(26)24-16-22/h1-7,12H,8-11,13-16H2,(H,24,26). The summed E-state index contributed by atoms with van der Waals surface area (Å²) in [6.07, 6.45) is 2.88. The van der Waals surface area contributed by atoms with Crippen molar-refractivity contribution in [3.05, 3.63) is 64.7 Å². The van der Waals surface area contributed by atoms with E-state index in [0.717, 1.165) is 55.4 Å². The van der Waals surface area contributed by atoms with Crippen LogP contribution in [0.4, 0.5) is 0 Å². The van der Waals surface area contributed by atoms with Gasteiger partial charge in [-0.3, -0.25) is 9.69 Å². The molecule has 27 heavy (non-hydrogen) atoms. The molecule has 1 spiro atoms. The maximum Gasteiger partial charge on any atom is 0.220 e. The molecule has 142 valence electrons. The molecule has 2 fully saturated rings. The van der Waals surface area contributed by atoms with E-state index in [1.165, 1.54) is 5.56 Å². The summed E-state index contributed by atoms with van der Waals surface area (Å²) < 4.78 is 5.94. The van der Waals surface area contributed by atoms with Gasteiger partial charge in [-0.15, -0.1) is 0 Å². The topological polar surface area (TPSA) is 41.6 Å². The third-order valence-electron chi connectivity index (χ3n) is 5.77. The van der Waals surface area contributed by atoms with Crippen molar-refractivity contribution >= 4 is 17.5 Å². The summed E-state index contributed by atoms with van der Waals surface area (Å²) >= 11 is 6.20. The second-order valence-corrected chi connectivity index (χ2v) is 8.16. The Morgan fingerprint density at radius 2 is 1.93 bits per heavy atom. The number of benzene rings is 2. The van der Waals surface area contributed by atoms with E-state index in [4.69, 9.17) is 16.3 Å². The molecule has 4 rings (SSSR count). The average molecular weight is 385 g/mol. The highest BCUT2D eigenvalue weighted by atomic mass is 35.5. The molecule has 0 saturated carbocycles. The van der Waals surface area contributed by atoms with Crippen molar-refractivity contribution in [3.63, 3.8) is 0 Å². The lowest BCUT2D eigenvalue weighted by molar-refractivity contribution is -0.119. The van der Waals surface area contributed by atoms with Gasteiger partial charge in [0.1, 0.15) is 12.4 Å². The molecular weight excluding hydrogens is 360 g/mol. The molecule has 4 nitrogen and oxygen atoms in total. The number of rotatable bonds is 5. The van der Waals surface area contributed by atoms with Crippen LogP contribution in [0.5, 0.6) is 5.75 Å². The van der Waals surface area contributed by atoms with Gasteiger partial charge in [-0.25, -0.2) is 0 Å². The van der Waals surface area contributed by atoms with Crippen LogP contribution in [0.3, 0.4) is 0 Å². The second-order valence-electron chi connectivity index (χ2n) is 7.76. The minimum absolute atomic E-state index is 0.202. The highest BCUT2D eigenvalue weighted by Crippen LogP contribution is 2.37. The van der Waals surface area contributed by atoms with Crippen molar-refractivity contribution in [1.82, 2.24) is 10.2 Å². The van der Waals surface area contributed by atoms with Crippen LogP contribution in [-0.2, 0) is 17.9 Å². The zero-order valence-electron chi connectivity index (χ0n) is 15.4. The Morgan fingerprint density at radius 1 is 1.11 bits per heavy atom. The van der Waals surface area contributed by atoms with E-state index < -0.39 is 0 Å². The Morgan fingerprint density at radius 3 is 2.67 bits per heavy atom. The number of carbonyl (C=O) groups excluding carboxylic acids is 1. The Kier molecular flexibility index (Phi) is 5.37. The lowest BCUT2D eigenvalue weighted by Crippen LogP contribution is -2.40. The number of halogens is 1. The van der Waals surface area contributed by atoms with Crippen molar-refractivity contribution in [3.8, 4) is 5.75 Å². The molecule has 2 aromatic rings. The average Bonchev–Trinajstić information content (AvgIpc) is 3.04. The molecule has 5 heteroatoms. The number of carbonyl (C=O) groups is 1. The zero-order valence-corrected chi connectivity index (χ0v) is 16.2. The first-order chi connectivity index (χ1) is 13.1. The van der Waals surface area contributed by atoms with E-state index in [9.17, 15) is 4.79 Å². The maximum atomic E-state index is 11.6. The quantitative estimate of drug-likeness (QED) is 0.846. The van der Waals surface area contributed by atoms with Crippen LogP contribution in [0.15, 0.2) is 48.5 Å². The highest BCUT2D eigenvalue weighted by molar-refractivity contribution is 6.31. The number of nitrogens with zero attached hydrogens (tertiary/aromatic N) is 1. The van der Waals surface area contributed by atoms with Gasteiger partial charge in [0.05, 0.1) is 0 Å². The fourth-order valence-electron chi connectivity index (χ4n) is 4.06. The van der Waals surface area contributed by atoms with E-state index in [1.54, 1.807) is 0 Å². The number of hydrogen-bond acceptors (Lipinski definition) is 3. The normalized spacial score (nSPS) is 19.2. The van der Waals surface area contributed by atoms with Crippen LogP contribution in [0.25, 0.3) is 0 Å². The molecule has 0 bridgehead atoms. The van der Waals surface area contributed by atoms with Gasteiger partial charge in [0.2, 0.25) is 5.91 Å². The van der Waals surface area contributed by atoms with Crippen molar-refractivity contribution in [2.75, 3.05) is 19.6 Å². The second kappa shape index (κ2) is 7.91. The molecule has 2 aliphatic heterocycles. The number of ether oxygens (including phenoxy) is 1. The molecule has 2 heterocycles. The van der Waals surface area contributed by atoms with Crippen LogP contribution in [0.1, 0.15) is 30.4 Å². The van der Waals surface area contributed by atoms with Gasteiger partial charge in [-0.05, 0) is 55.1 Å².